The molecule has 0 aromatic rings. The Morgan fingerprint density at radius 1 is 0.297 bits per heavy atom. The molecule has 0 aliphatic rings. The molecule has 224 valence electrons. The molecule has 0 aliphatic carbocycles. The molecular weight excluding hydrogens is 476 g/mol. The summed E-state index contributed by atoms with van der Waals surface area (Å²) >= 11 is 0. The fraction of sp³-hybridized carbons (Fsp3) is 1.00. The predicted octanol–water partition coefficient (Wildman–Crippen LogP) is 10.3. The van der Waals surface area contributed by atoms with E-state index in [1.807, 2.05) is 0 Å². The second kappa shape index (κ2) is 20.9. The maximum absolute atomic E-state index is 7.22. The molecule has 0 N–H and O–H groups in total. The minimum Gasteiger partial charge on any atom is -0.348 e. The highest BCUT2D eigenvalue weighted by molar-refractivity contribution is 6.53. The van der Waals surface area contributed by atoms with Gasteiger partial charge in [-0.25, -0.2) is 0 Å². The largest absolute Gasteiger partial charge is 0.680 e. The molecule has 4 nitrogen and oxygen atoms in total. The van der Waals surface area contributed by atoms with Gasteiger partial charge in [-0.15, -0.1) is 0 Å². The molecule has 0 fully saturated rings. The van der Waals surface area contributed by atoms with E-state index >= 15 is 0 Å². The van der Waals surface area contributed by atoms with E-state index in [0.29, 0.717) is 23.7 Å². The van der Waals surface area contributed by atoms with Crippen LogP contribution in [0.2, 0.25) is 0 Å². The van der Waals surface area contributed by atoms with Gasteiger partial charge >= 0.3 is 9.05 Å². The first-order chi connectivity index (χ1) is 17.8. The molecule has 4 atom stereocenters. The Morgan fingerprint density at radius 3 is 0.568 bits per heavy atom. The lowest BCUT2D eigenvalue weighted by atomic mass is 9.95. The van der Waals surface area contributed by atoms with Crippen molar-refractivity contribution in [1.29, 1.82) is 0 Å². The number of hydrogen-bond donors (Lipinski definition) is 0. The van der Waals surface area contributed by atoms with Gasteiger partial charge in [0.25, 0.3) is 0 Å². The highest BCUT2D eigenvalue weighted by Gasteiger charge is 2.54. The van der Waals surface area contributed by atoms with E-state index in [1.165, 1.54) is 0 Å². The van der Waals surface area contributed by atoms with Crippen LogP contribution in [0.5, 0.6) is 0 Å². The molecule has 0 rings (SSSR count). The molecule has 0 saturated carbocycles. The van der Waals surface area contributed by atoms with E-state index in [9.17, 15) is 0 Å². The zero-order valence-electron chi connectivity index (χ0n) is 27.2. The summed E-state index contributed by atoms with van der Waals surface area (Å²) in [4.78, 5) is 0. The molecular formula is C32H68O4Si. The third-order valence-corrected chi connectivity index (χ3v) is 11.5. The molecule has 0 amide bonds. The minimum absolute atomic E-state index is 0.0827. The molecule has 0 aromatic heterocycles. The SMILES string of the molecule is CCC(CC)C(CC)O[Si](OC(CC)C(CC)CC)(OC(CC)C(CC)CC)OC(CC)C(CC)CC. The maximum atomic E-state index is 7.22. The summed E-state index contributed by atoms with van der Waals surface area (Å²) in [6.07, 6.45) is 12.9. The number of hydrogen-bond acceptors (Lipinski definition) is 4. The second-order valence-electron chi connectivity index (χ2n) is 11.1. The highest BCUT2D eigenvalue weighted by atomic mass is 28.4. The average molecular weight is 545 g/mol. The zero-order chi connectivity index (χ0) is 28.4. The molecule has 0 spiro atoms. The smallest absolute Gasteiger partial charge is 0.348 e. The molecule has 37 heavy (non-hydrogen) atoms. The summed E-state index contributed by atoms with van der Waals surface area (Å²) < 4.78 is 28.9. The number of rotatable bonds is 24. The fourth-order valence-corrected chi connectivity index (χ4v) is 9.47. The third-order valence-electron chi connectivity index (χ3n) is 9.09. The first-order valence-corrected chi connectivity index (χ1v) is 18.1. The Morgan fingerprint density at radius 2 is 0.459 bits per heavy atom. The molecule has 5 heteroatoms. The lowest BCUT2D eigenvalue weighted by Crippen LogP contribution is -2.59. The molecule has 0 heterocycles. The third kappa shape index (κ3) is 11.6. The fourth-order valence-electron chi connectivity index (χ4n) is 6.22. The van der Waals surface area contributed by atoms with Crippen LogP contribution in [-0.2, 0) is 17.7 Å². The Hall–Kier alpha value is 0.0569. The van der Waals surface area contributed by atoms with Crippen LogP contribution in [0.4, 0.5) is 0 Å². The Balaban J connectivity index is 6.90. The van der Waals surface area contributed by atoms with Crippen LogP contribution in [0.25, 0.3) is 0 Å². The van der Waals surface area contributed by atoms with E-state index < -0.39 is 9.05 Å². The first-order valence-electron chi connectivity index (χ1n) is 16.5. The van der Waals surface area contributed by atoms with Crippen LogP contribution in [0.15, 0.2) is 0 Å². The van der Waals surface area contributed by atoms with E-state index in [2.05, 4.69) is 83.1 Å². The van der Waals surface area contributed by atoms with Gasteiger partial charge in [0, 0.05) is 0 Å². The van der Waals surface area contributed by atoms with E-state index in [0.717, 1.165) is 77.0 Å². The Labute approximate surface area is 234 Å². The molecule has 0 saturated heterocycles. The van der Waals surface area contributed by atoms with Crippen molar-refractivity contribution >= 4 is 9.05 Å². The summed E-state index contributed by atoms with van der Waals surface area (Å²) in [5.74, 6) is 1.90. The lowest BCUT2D eigenvalue weighted by molar-refractivity contribution is -0.137. The summed E-state index contributed by atoms with van der Waals surface area (Å²) in [7, 11) is -3.51. The van der Waals surface area contributed by atoms with Crippen molar-refractivity contribution in [2.24, 2.45) is 23.7 Å². The summed E-state index contributed by atoms with van der Waals surface area (Å²) in [5, 5.41) is 0. The van der Waals surface area contributed by atoms with Crippen molar-refractivity contribution < 1.29 is 17.7 Å². The monoisotopic (exact) mass is 544 g/mol. The minimum atomic E-state index is -3.51. The summed E-state index contributed by atoms with van der Waals surface area (Å²) in [6.45, 7) is 27.2. The van der Waals surface area contributed by atoms with Gasteiger partial charge in [-0.05, 0) is 49.4 Å². The van der Waals surface area contributed by atoms with E-state index in [1.54, 1.807) is 0 Å². The van der Waals surface area contributed by atoms with Crippen molar-refractivity contribution in [3.8, 4) is 0 Å². The van der Waals surface area contributed by atoms with Crippen LogP contribution in [0.1, 0.15) is 160 Å². The van der Waals surface area contributed by atoms with Crippen LogP contribution in [0, 0.1) is 23.7 Å². The van der Waals surface area contributed by atoms with Gasteiger partial charge in [-0.3, -0.25) is 0 Å². The topological polar surface area (TPSA) is 36.9 Å². The maximum Gasteiger partial charge on any atom is 0.680 e. The highest BCUT2D eigenvalue weighted by Crippen LogP contribution is 2.35. The zero-order valence-corrected chi connectivity index (χ0v) is 28.2. The van der Waals surface area contributed by atoms with Crippen molar-refractivity contribution in [2.75, 3.05) is 0 Å². The molecule has 0 aliphatic heterocycles. The van der Waals surface area contributed by atoms with E-state index in [-0.39, 0.29) is 24.4 Å². The Kier molecular flexibility index (Phi) is 20.9. The van der Waals surface area contributed by atoms with Gasteiger partial charge in [-0.1, -0.05) is 134 Å². The average Bonchev–Trinajstić information content (AvgIpc) is 2.93. The van der Waals surface area contributed by atoms with Crippen LogP contribution >= 0.6 is 0 Å². The van der Waals surface area contributed by atoms with E-state index in [4.69, 9.17) is 17.7 Å². The lowest BCUT2D eigenvalue weighted by Gasteiger charge is -2.43. The van der Waals surface area contributed by atoms with Gasteiger partial charge < -0.3 is 17.7 Å². The Bertz CT molecular complexity index is 421. The standard InChI is InChI=1S/C32H68O4Si/c1-13-25(14-2)29(21-9)33-37(34-30(22-10)26(15-3)16-4,35-31(23-11)27(17-5)18-6)36-32(24-12)28(19-7)20-8/h25-32H,13-24H2,1-12H3. The van der Waals surface area contributed by atoms with Crippen molar-refractivity contribution in [2.45, 2.75) is 185 Å². The summed E-state index contributed by atoms with van der Waals surface area (Å²) in [5.41, 5.74) is 0. The quantitative estimate of drug-likeness (QED) is 0.113. The van der Waals surface area contributed by atoms with Gasteiger partial charge in [0.15, 0.2) is 0 Å². The molecule has 0 aromatic carbocycles. The van der Waals surface area contributed by atoms with Gasteiger partial charge in [-0.2, -0.15) is 0 Å². The molecule has 4 unspecified atom stereocenters. The van der Waals surface area contributed by atoms with Crippen LogP contribution < -0.4 is 0 Å². The van der Waals surface area contributed by atoms with Crippen molar-refractivity contribution in [1.82, 2.24) is 0 Å². The van der Waals surface area contributed by atoms with Gasteiger partial charge in [0.05, 0.1) is 24.4 Å². The van der Waals surface area contributed by atoms with Gasteiger partial charge in [0.1, 0.15) is 0 Å². The van der Waals surface area contributed by atoms with Crippen molar-refractivity contribution in [3.05, 3.63) is 0 Å². The molecule has 0 bridgehead atoms. The second-order valence-corrected chi connectivity index (χ2v) is 13.0. The normalized spacial score (nSPS) is 17.5. The summed E-state index contributed by atoms with van der Waals surface area (Å²) in [6, 6.07) is 0. The predicted molar refractivity (Wildman–Crippen MR) is 163 cm³/mol. The first kappa shape index (κ1) is 37.1. The molecule has 0 radical (unpaired) electrons. The van der Waals surface area contributed by atoms with Crippen molar-refractivity contribution in [3.63, 3.8) is 0 Å². The van der Waals surface area contributed by atoms with Gasteiger partial charge in [0.2, 0.25) is 0 Å². The van der Waals surface area contributed by atoms with Crippen LogP contribution in [-0.4, -0.2) is 33.5 Å². The van der Waals surface area contributed by atoms with Crippen LogP contribution in [0.3, 0.4) is 0 Å².